The smallest absolute Gasteiger partial charge is 0.221 e. The number of carbonyl (C=O) groups excluding carboxylic acids is 1. The van der Waals surface area contributed by atoms with Crippen LogP contribution in [-0.2, 0) is 4.79 Å². The number of para-hydroxylation sites is 1. The zero-order valence-electron chi connectivity index (χ0n) is 11.6. The number of nitrogens with zero attached hydrogens (tertiary/aromatic N) is 1. The number of hydrogen-bond donors (Lipinski definition) is 2. The Kier molecular flexibility index (Phi) is 3.54. The lowest BCUT2D eigenvalue weighted by molar-refractivity contribution is -0.120. The summed E-state index contributed by atoms with van der Waals surface area (Å²) in [6.45, 7) is 2.65. The Balaban J connectivity index is 1.61. The Hall–Kier alpha value is -2.10. The second kappa shape index (κ2) is 5.49. The molecule has 4 nitrogen and oxygen atoms in total. The van der Waals surface area contributed by atoms with Gasteiger partial charge in [-0.1, -0.05) is 18.2 Å². The zero-order chi connectivity index (χ0) is 13.9. The van der Waals surface area contributed by atoms with Gasteiger partial charge in [0.1, 0.15) is 5.82 Å². The fourth-order valence-electron chi connectivity index (χ4n) is 2.22. The van der Waals surface area contributed by atoms with Gasteiger partial charge in [-0.05, 0) is 37.5 Å². The summed E-state index contributed by atoms with van der Waals surface area (Å²) in [5.41, 5.74) is 2.08. The third-order valence-electron chi connectivity index (χ3n) is 3.50. The summed E-state index contributed by atoms with van der Waals surface area (Å²) < 4.78 is 0. The highest BCUT2D eigenvalue weighted by Gasteiger charge is 2.22. The standard InChI is InChI=1S/C16H19N3O/c1-11-10-12-4-2-3-5-14(12)19-16(11)17-9-8-15(20)18-13-6-7-13/h2-5,10,13H,6-9H2,1H3,(H,17,19)(H,18,20). The number of aryl methyl sites for hydroxylation is 1. The lowest BCUT2D eigenvalue weighted by atomic mass is 10.1. The molecule has 1 aliphatic carbocycles. The Labute approximate surface area is 118 Å². The molecule has 1 aromatic heterocycles. The Morgan fingerprint density at radius 2 is 2.15 bits per heavy atom. The second-order valence-corrected chi connectivity index (χ2v) is 5.37. The van der Waals surface area contributed by atoms with Gasteiger partial charge in [0.15, 0.2) is 0 Å². The number of rotatable bonds is 5. The molecule has 0 bridgehead atoms. The highest BCUT2D eigenvalue weighted by Crippen LogP contribution is 2.20. The van der Waals surface area contributed by atoms with Crippen molar-refractivity contribution in [2.45, 2.75) is 32.2 Å². The Morgan fingerprint density at radius 1 is 1.35 bits per heavy atom. The quantitative estimate of drug-likeness (QED) is 0.877. The molecule has 0 saturated heterocycles. The van der Waals surface area contributed by atoms with Gasteiger partial charge in [-0.2, -0.15) is 0 Å². The number of amides is 1. The number of fused-ring (bicyclic) bond motifs is 1. The van der Waals surface area contributed by atoms with Crippen molar-refractivity contribution in [3.63, 3.8) is 0 Å². The minimum absolute atomic E-state index is 0.124. The van der Waals surface area contributed by atoms with Crippen LogP contribution in [0.2, 0.25) is 0 Å². The van der Waals surface area contributed by atoms with E-state index in [9.17, 15) is 4.79 Å². The number of aromatic nitrogens is 1. The van der Waals surface area contributed by atoms with Crippen molar-refractivity contribution < 1.29 is 4.79 Å². The van der Waals surface area contributed by atoms with Gasteiger partial charge < -0.3 is 10.6 Å². The predicted octanol–water partition coefficient (Wildman–Crippen LogP) is 2.62. The Bertz CT molecular complexity index is 635. The molecule has 4 heteroatoms. The number of benzene rings is 1. The predicted molar refractivity (Wildman–Crippen MR) is 80.8 cm³/mol. The molecule has 1 heterocycles. The van der Waals surface area contributed by atoms with Crippen LogP contribution in [0.1, 0.15) is 24.8 Å². The highest BCUT2D eigenvalue weighted by atomic mass is 16.1. The Morgan fingerprint density at radius 3 is 2.95 bits per heavy atom. The molecule has 0 atom stereocenters. The van der Waals surface area contributed by atoms with E-state index in [0.29, 0.717) is 19.0 Å². The number of carbonyl (C=O) groups is 1. The van der Waals surface area contributed by atoms with Gasteiger partial charge >= 0.3 is 0 Å². The van der Waals surface area contributed by atoms with Gasteiger partial charge in [-0.25, -0.2) is 4.98 Å². The van der Waals surface area contributed by atoms with Gasteiger partial charge in [-0.15, -0.1) is 0 Å². The van der Waals surface area contributed by atoms with Crippen molar-refractivity contribution in [1.82, 2.24) is 10.3 Å². The van der Waals surface area contributed by atoms with Crippen molar-refractivity contribution in [1.29, 1.82) is 0 Å². The van der Waals surface area contributed by atoms with Gasteiger partial charge in [0.25, 0.3) is 0 Å². The van der Waals surface area contributed by atoms with E-state index in [1.54, 1.807) is 0 Å². The maximum Gasteiger partial charge on any atom is 0.221 e. The molecule has 0 radical (unpaired) electrons. The fourth-order valence-corrected chi connectivity index (χ4v) is 2.22. The summed E-state index contributed by atoms with van der Waals surface area (Å²) in [7, 11) is 0. The molecule has 0 spiro atoms. The van der Waals surface area contributed by atoms with E-state index >= 15 is 0 Å². The van der Waals surface area contributed by atoms with Crippen LogP contribution < -0.4 is 10.6 Å². The minimum Gasteiger partial charge on any atom is -0.369 e. The molecule has 1 fully saturated rings. The molecule has 2 aromatic rings. The van der Waals surface area contributed by atoms with Crippen LogP contribution in [0.25, 0.3) is 10.9 Å². The molecule has 3 rings (SSSR count). The van der Waals surface area contributed by atoms with Gasteiger partial charge in [0.05, 0.1) is 5.52 Å². The molecule has 2 N–H and O–H groups in total. The van der Waals surface area contributed by atoms with Crippen LogP contribution in [-0.4, -0.2) is 23.5 Å². The maximum absolute atomic E-state index is 11.6. The van der Waals surface area contributed by atoms with Crippen LogP contribution >= 0.6 is 0 Å². The van der Waals surface area contributed by atoms with E-state index in [1.807, 2.05) is 25.1 Å². The molecule has 1 amide bonds. The lowest BCUT2D eigenvalue weighted by Gasteiger charge is -2.10. The van der Waals surface area contributed by atoms with Crippen LogP contribution in [0.3, 0.4) is 0 Å². The van der Waals surface area contributed by atoms with Gasteiger partial charge in [-0.3, -0.25) is 4.79 Å². The van der Waals surface area contributed by atoms with Crippen LogP contribution in [0.4, 0.5) is 5.82 Å². The van der Waals surface area contributed by atoms with Gasteiger partial charge in [0, 0.05) is 24.4 Å². The number of anilines is 1. The zero-order valence-corrected chi connectivity index (χ0v) is 11.6. The summed E-state index contributed by atoms with van der Waals surface area (Å²) in [5, 5.41) is 7.38. The monoisotopic (exact) mass is 269 g/mol. The first-order chi connectivity index (χ1) is 9.72. The van der Waals surface area contributed by atoms with E-state index in [-0.39, 0.29) is 5.91 Å². The van der Waals surface area contributed by atoms with E-state index in [1.165, 1.54) is 0 Å². The number of pyridine rings is 1. The molecule has 0 unspecified atom stereocenters. The van der Waals surface area contributed by atoms with E-state index in [2.05, 4.69) is 27.8 Å². The number of nitrogens with one attached hydrogen (secondary N) is 2. The largest absolute Gasteiger partial charge is 0.369 e. The molecule has 104 valence electrons. The first-order valence-corrected chi connectivity index (χ1v) is 7.12. The third kappa shape index (κ3) is 3.07. The topological polar surface area (TPSA) is 54.0 Å². The normalized spacial score (nSPS) is 14.2. The summed E-state index contributed by atoms with van der Waals surface area (Å²) in [4.78, 5) is 16.2. The summed E-state index contributed by atoms with van der Waals surface area (Å²) >= 11 is 0. The molecular formula is C16H19N3O. The van der Waals surface area contributed by atoms with Gasteiger partial charge in [0.2, 0.25) is 5.91 Å². The SMILES string of the molecule is Cc1cc2ccccc2nc1NCCC(=O)NC1CC1. The van der Waals surface area contributed by atoms with Crippen molar-refractivity contribution in [2.24, 2.45) is 0 Å². The van der Waals surface area contributed by atoms with Crippen molar-refractivity contribution in [2.75, 3.05) is 11.9 Å². The summed E-state index contributed by atoms with van der Waals surface area (Å²) in [6.07, 6.45) is 2.75. The molecule has 1 saturated carbocycles. The first kappa shape index (κ1) is 12.9. The van der Waals surface area contributed by atoms with Crippen LogP contribution in [0, 0.1) is 6.92 Å². The molecule has 0 aliphatic heterocycles. The summed E-state index contributed by atoms with van der Waals surface area (Å²) in [5.74, 6) is 0.987. The van der Waals surface area contributed by atoms with E-state index in [0.717, 1.165) is 35.1 Å². The van der Waals surface area contributed by atoms with E-state index in [4.69, 9.17) is 0 Å². The average molecular weight is 269 g/mol. The molecule has 1 aromatic carbocycles. The van der Waals surface area contributed by atoms with Crippen molar-refractivity contribution in [3.05, 3.63) is 35.9 Å². The maximum atomic E-state index is 11.6. The second-order valence-electron chi connectivity index (χ2n) is 5.37. The summed E-state index contributed by atoms with van der Waals surface area (Å²) in [6, 6.07) is 10.6. The number of hydrogen-bond acceptors (Lipinski definition) is 3. The highest BCUT2D eigenvalue weighted by molar-refractivity contribution is 5.81. The fraction of sp³-hybridized carbons (Fsp3) is 0.375. The van der Waals surface area contributed by atoms with Crippen LogP contribution in [0.5, 0.6) is 0 Å². The minimum atomic E-state index is 0.124. The lowest BCUT2D eigenvalue weighted by Crippen LogP contribution is -2.27. The first-order valence-electron chi connectivity index (χ1n) is 7.12. The molecule has 20 heavy (non-hydrogen) atoms. The van der Waals surface area contributed by atoms with Crippen molar-refractivity contribution in [3.8, 4) is 0 Å². The molecular weight excluding hydrogens is 250 g/mol. The third-order valence-corrected chi connectivity index (χ3v) is 3.50. The van der Waals surface area contributed by atoms with Crippen molar-refractivity contribution >= 4 is 22.6 Å². The van der Waals surface area contributed by atoms with E-state index < -0.39 is 0 Å². The average Bonchev–Trinajstić information content (AvgIpc) is 3.23. The molecule has 1 aliphatic rings. The van der Waals surface area contributed by atoms with Crippen LogP contribution in [0.15, 0.2) is 30.3 Å².